The molecule has 0 saturated carbocycles. The lowest BCUT2D eigenvalue weighted by Gasteiger charge is -2.47. The van der Waals surface area contributed by atoms with Crippen LogP contribution in [0.3, 0.4) is 0 Å². The molecule has 7 aliphatic rings. The van der Waals surface area contributed by atoms with Gasteiger partial charge >= 0.3 is 5.97 Å². The third-order valence-electron chi connectivity index (χ3n) is 18.2. The normalized spacial score (nSPS) is 30.0. The molecule has 2 fully saturated rings. The summed E-state index contributed by atoms with van der Waals surface area (Å²) in [6, 6.07) is -0.743. The number of aliphatic carboxylic acids is 1. The molecule has 33 nitrogen and oxygen atoms in total. The summed E-state index contributed by atoms with van der Waals surface area (Å²) in [7, 11) is 1.47. The minimum Gasteiger partial charge on any atom is -0.508 e. The van der Waals surface area contributed by atoms with E-state index in [1.54, 1.807) is 0 Å². The summed E-state index contributed by atoms with van der Waals surface area (Å²) in [6.07, 6.45) is -16.3. The predicted molar refractivity (Wildman–Crippen MR) is 354 cm³/mol. The third kappa shape index (κ3) is 15.6. The Bertz CT molecular complexity index is 4130. The lowest BCUT2D eigenvalue weighted by atomic mass is 9.85. The maximum absolute atomic E-state index is 16.1. The first kappa shape index (κ1) is 75.5. The highest BCUT2D eigenvalue weighted by molar-refractivity contribution is 6.32. The highest BCUT2D eigenvalue weighted by Crippen LogP contribution is 2.50. The van der Waals surface area contributed by atoms with Crippen molar-refractivity contribution in [2.24, 2.45) is 17.4 Å². The molecule has 0 radical (unpaired) electrons. The molecule has 2 saturated heterocycles. The average molecular weight is 1460 g/mol. The number of rotatable bonds is 13. The van der Waals surface area contributed by atoms with Crippen LogP contribution in [0.25, 0.3) is 11.1 Å². The van der Waals surface area contributed by atoms with Gasteiger partial charge in [-0.1, -0.05) is 55.2 Å². The van der Waals surface area contributed by atoms with Gasteiger partial charge in [-0.2, -0.15) is 0 Å². The summed E-state index contributed by atoms with van der Waals surface area (Å²) < 4.78 is 38.4. The van der Waals surface area contributed by atoms with Crippen LogP contribution < -0.4 is 62.9 Å². The van der Waals surface area contributed by atoms with Crippen molar-refractivity contribution in [3.05, 3.63) is 117 Å². The first-order valence-corrected chi connectivity index (χ1v) is 32.8. The average Bonchev–Trinajstić information content (AvgIpc) is 0.762. The minimum atomic E-state index is -2.73. The summed E-state index contributed by atoms with van der Waals surface area (Å²) in [5, 5.41) is 131. The fourth-order valence-electron chi connectivity index (χ4n) is 12.7. The highest BCUT2D eigenvalue weighted by Gasteiger charge is 2.52. The number of nitrogens with one attached hydrogen (secondary N) is 7. The number of hydrogen-bond acceptors (Lipinski definition) is 25. The molecule has 5 aromatic carbocycles. The lowest BCUT2D eigenvalue weighted by molar-refractivity contribution is -0.333. The second-order valence-electron chi connectivity index (χ2n) is 26.3. The van der Waals surface area contributed by atoms with E-state index in [-0.39, 0.29) is 46.2 Å². The molecule has 21 N–H and O–H groups in total. The fourth-order valence-corrected chi connectivity index (χ4v) is 13.2. The summed E-state index contributed by atoms with van der Waals surface area (Å²) >= 11 is 14.2. The molecule has 7 aliphatic heterocycles. The van der Waals surface area contributed by atoms with Crippen LogP contribution in [0.5, 0.6) is 46.0 Å². The van der Waals surface area contributed by atoms with E-state index in [1.165, 1.54) is 33.0 Å². The van der Waals surface area contributed by atoms with Crippen molar-refractivity contribution < 1.29 is 118 Å². The Morgan fingerprint density at radius 1 is 0.735 bits per heavy atom. The number of aromatic hydroxyl groups is 3. The summed E-state index contributed by atoms with van der Waals surface area (Å²) in [5.41, 5.74) is 5.26. The minimum absolute atomic E-state index is 0.0990. The molecule has 0 aromatic heterocycles. The van der Waals surface area contributed by atoms with Gasteiger partial charge in [0.1, 0.15) is 89.0 Å². The fraction of sp³-hybridized carbons (Fsp3) is 0.433. The maximum atomic E-state index is 16.1. The number of benzene rings is 5. The zero-order valence-corrected chi connectivity index (χ0v) is 56.8. The quantitative estimate of drug-likeness (QED) is 0.0753. The maximum Gasteiger partial charge on any atom is 0.330 e. The largest absolute Gasteiger partial charge is 0.508 e. The van der Waals surface area contributed by atoms with E-state index in [4.69, 9.17) is 63.1 Å². The number of carboxylic acid groups (broad SMARTS) is 1. The number of likely N-dealkylation sites (N-methyl/N-ethyl adjacent to an activating group) is 1. The lowest BCUT2D eigenvalue weighted by Crippen LogP contribution is -2.64. The number of aliphatic hydroxyl groups is 6. The number of nitrogens with two attached hydrogens (primary N) is 2. The third-order valence-corrected chi connectivity index (χ3v) is 18.8. The van der Waals surface area contributed by atoms with Crippen LogP contribution in [0.15, 0.2) is 78.9 Å². The van der Waals surface area contributed by atoms with Crippen molar-refractivity contribution >= 4 is 70.5 Å². The number of primary amides is 1. The van der Waals surface area contributed by atoms with Gasteiger partial charge in [-0.25, -0.2) is 4.79 Å². The van der Waals surface area contributed by atoms with E-state index in [0.29, 0.717) is 0 Å². The Kier molecular flexibility index (Phi) is 22.2. The van der Waals surface area contributed by atoms with Gasteiger partial charge < -0.3 is 128 Å². The molecule has 35 heteroatoms. The van der Waals surface area contributed by atoms with Gasteiger partial charge in [0.05, 0.1) is 41.3 Å². The molecule has 11 bridgehead atoms. The van der Waals surface area contributed by atoms with Gasteiger partial charge in [-0.05, 0) is 117 Å². The second kappa shape index (κ2) is 30.0. The van der Waals surface area contributed by atoms with Crippen molar-refractivity contribution in [3.8, 4) is 57.1 Å². The summed E-state index contributed by atoms with van der Waals surface area (Å²) in [4.78, 5) is 117. The number of ether oxygens (including phenoxy) is 6. The van der Waals surface area contributed by atoms with Gasteiger partial charge in [0, 0.05) is 34.7 Å². The predicted octanol–water partition coefficient (Wildman–Crippen LogP) is 0.280. The van der Waals surface area contributed by atoms with Crippen LogP contribution in [-0.4, -0.2) is 191 Å². The Morgan fingerprint density at radius 3 is 1.97 bits per heavy atom. The van der Waals surface area contributed by atoms with Crippen LogP contribution in [-0.2, 0) is 58.2 Å². The van der Waals surface area contributed by atoms with Crippen molar-refractivity contribution in [3.63, 3.8) is 0 Å². The molecular formula is C67H77Cl2N9O24. The standard InChI is InChI=1S/C67H77Cl2N9O24/c1-24(2)13-35(72-6)58(88)77-50-51(84)27-8-11-39(33(68)15-27)98-41-16-28-17-42(54(41)102-65-55(53(86)52(85)43(23-79)100-65)101-45-22-66(4,71)57(87)25(3)97-45)99-40-12-9-29(18-34(40)69)67(5,96)56-63(93)76-49(64(94)95)32-19-30(80)20-38(82)46(32)31-14-26(7-10-37(31)81)47(61(91)78-56)75-60(90)48(28)74-59(89)36(21-44(70)83)73-62(50)92/h7-12,14-20,24-25,35-36,43,45,47-53,55-57,65,72,79-82,84-87,96H,13,21-23,71H2,1-6H3,(H2,70,83)(H,73,92)(H,74,89)(H,75,90)(H,76,93)(H,77,88)(H,78,91)(H,94,95)/t25-,35?,36+,43+,45-,47-,48-,49-,50?,51-,52-,53+,55+,56-,57-,65?,66+,67+/m1/s1. The number of fused-ring (bicyclic) bond motifs is 15. The van der Waals surface area contributed by atoms with Gasteiger partial charge in [0.25, 0.3) is 0 Å². The number of phenols is 3. The zero-order valence-electron chi connectivity index (χ0n) is 55.2. The molecule has 548 valence electrons. The van der Waals surface area contributed by atoms with Crippen molar-refractivity contribution in [2.45, 2.75) is 163 Å². The number of carboxylic acids is 1. The second-order valence-corrected chi connectivity index (χ2v) is 27.1. The molecule has 18 atom stereocenters. The van der Waals surface area contributed by atoms with E-state index in [9.17, 15) is 70.2 Å². The van der Waals surface area contributed by atoms with E-state index >= 15 is 19.2 Å². The van der Waals surface area contributed by atoms with E-state index in [2.05, 4.69) is 37.2 Å². The molecular weight excluding hydrogens is 1390 g/mol. The highest BCUT2D eigenvalue weighted by atomic mass is 35.5. The first-order valence-electron chi connectivity index (χ1n) is 32.0. The van der Waals surface area contributed by atoms with Gasteiger partial charge in [-0.15, -0.1) is 0 Å². The Morgan fingerprint density at radius 2 is 1.36 bits per heavy atom. The topological polar surface area (TPSA) is 530 Å². The van der Waals surface area contributed by atoms with Crippen molar-refractivity contribution in [1.29, 1.82) is 0 Å². The number of aliphatic hydroxyl groups excluding tert-OH is 5. The van der Waals surface area contributed by atoms with E-state index in [0.717, 1.165) is 73.7 Å². The van der Waals surface area contributed by atoms with Crippen LogP contribution in [0, 0.1) is 5.92 Å². The smallest absolute Gasteiger partial charge is 0.330 e. The van der Waals surface area contributed by atoms with Crippen molar-refractivity contribution in [1.82, 2.24) is 37.2 Å². The van der Waals surface area contributed by atoms with Crippen LogP contribution in [0.4, 0.5) is 0 Å². The molecule has 0 spiro atoms. The number of carbonyl (C=O) groups is 8. The molecule has 7 heterocycles. The number of carbonyl (C=O) groups excluding carboxylic acids is 7. The number of halogens is 2. The first-order chi connectivity index (χ1) is 48.0. The molecule has 7 amide bonds. The monoisotopic (exact) mass is 1460 g/mol. The zero-order chi connectivity index (χ0) is 74.5. The summed E-state index contributed by atoms with van der Waals surface area (Å²) in [5.74, 6) is -16.0. The Labute approximate surface area is 590 Å². The molecule has 3 unspecified atom stereocenters. The molecule has 5 aromatic rings. The van der Waals surface area contributed by atoms with Crippen LogP contribution in [0.2, 0.25) is 10.0 Å². The van der Waals surface area contributed by atoms with Crippen LogP contribution >= 0.6 is 23.2 Å². The summed E-state index contributed by atoms with van der Waals surface area (Å²) in [6.45, 7) is 6.67. The van der Waals surface area contributed by atoms with Gasteiger partial charge in [-0.3, -0.25) is 33.6 Å². The SMILES string of the molecule is CNC(CC(C)C)C(=O)NC1C(=O)N[C@@H](CC(N)=O)C(=O)N[C@H]2C(=O)N[C@H]3C(=O)N[C@H](C(=O)N[C@@H](C(=O)O)c4cc(O)cc(O)c4-c4cc3ccc4O)[C@@](C)(O)c3ccc(c(Cl)c3)Oc3cc2cc(c3OC2O[C@@H](CO)[C@@H](O)[C@H](O)[C@@H]2O[C@@H]2C[C@](C)(N)[C@H](O)[C@@H](C)O2)Oc2ccc(cc2Cl)[C@H]1O. The molecule has 0 aliphatic carbocycles. The number of amides is 7. The van der Waals surface area contributed by atoms with Gasteiger partial charge in [0.2, 0.25) is 53.4 Å². The molecule has 102 heavy (non-hydrogen) atoms. The number of hydrogen-bond donors (Lipinski definition) is 19. The Balaban J connectivity index is 1.25. The Hall–Kier alpha value is -9.20. The van der Waals surface area contributed by atoms with Gasteiger partial charge in [0.15, 0.2) is 29.9 Å². The van der Waals surface area contributed by atoms with E-state index in [1.807, 2.05) is 13.8 Å². The van der Waals surface area contributed by atoms with E-state index < -0.39 is 237 Å². The number of phenolic OH excluding ortho intramolecular Hbond substituents is 3. The van der Waals surface area contributed by atoms with Crippen molar-refractivity contribution in [2.75, 3.05) is 13.7 Å². The molecule has 12 rings (SSSR count). The van der Waals surface area contributed by atoms with Crippen LogP contribution in [0.1, 0.15) is 106 Å².